The zero-order chi connectivity index (χ0) is 14.7. The number of nitro groups is 1. The number of aryl methyl sites for hydroxylation is 1. The maximum atomic E-state index is 13.1. The van der Waals surface area contributed by atoms with Gasteiger partial charge in [0, 0.05) is 12.7 Å². The van der Waals surface area contributed by atoms with Crippen molar-refractivity contribution in [3.63, 3.8) is 0 Å². The highest BCUT2D eigenvalue weighted by atomic mass is 19.1. The summed E-state index contributed by atoms with van der Waals surface area (Å²) in [6, 6.07) is 3.19. The van der Waals surface area contributed by atoms with Crippen molar-refractivity contribution in [2.24, 2.45) is 0 Å². The molecule has 0 saturated heterocycles. The van der Waals surface area contributed by atoms with Crippen LogP contribution in [-0.2, 0) is 6.54 Å². The van der Waals surface area contributed by atoms with E-state index >= 15 is 0 Å². The van der Waals surface area contributed by atoms with Gasteiger partial charge >= 0.3 is 0 Å². The number of rotatable bonds is 5. The molecule has 0 aliphatic heterocycles. The number of benzene rings is 1. The fraction of sp³-hybridized carbons (Fsp3) is 0.231. The van der Waals surface area contributed by atoms with Gasteiger partial charge in [0.15, 0.2) is 6.29 Å². The van der Waals surface area contributed by atoms with E-state index in [1.807, 2.05) is 6.92 Å². The summed E-state index contributed by atoms with van der Waals surface area (Å²) in [5, 5.41) is 15.2. The smallest absolute Gasteiger partial charge is 0.281 e. The molecule has 0 spiro atoms. The molecule has 0 amide bonds. The van der Waals surface area contributed by atoms with Crippen molar-refractivity contribution in [1.82, 2.24) is 9.78 Å². The number of halogens is 1. The maximum absolute atomic E-state index is 13.1. The lowest BCUT2D eigenvalue weighted by molar-refractivity contribution is -0.384. The van der Waals surface area contributed by atoms with Crippen molar-refractivity contribution in [2.75, 3.05) is 0 Å². The van der Waals surface area contributed by atoms with Crippen LogP contribution in [0, 0.1) is 15.9 Å². The van der Waals surface area contributed by atoms with Crippen molar-refractivity contribution in [3.8, 4) is 11.3 Å². The van der Waals surface area contributed by atoms with Gasteiger partial charge in [-0.15, -0.1) is 0 Å². The Morgan fingerprint density at radius 3 is 2.85 bits per heavy atom. The second kappa shape index (κ2) is 5.60. The molecule has 0 fully saturated rings. The molecule has 7 heteroatoms. The Labute approximate surface area is 114 Å². The van der Waals surface area contributed by atoms with Crippen LogP contribution in [0.15, 0.2) is 24.4 Å². The van der Waals surface area contributed by atoms with E-state index in [-0.39, 0.29) is 16.8 Å². The van der Waals surface area contributed by atoms with E-state index in [4.69, 9.17) is 0 Å². The van der Waals surface area contributed by atoms with Gasteiger partial charge in [0.05, 0.1) is 22.1 Å². The average molecular weight is 277 g/mol. The molecule has 1 aromatic carbocycles. The molecule has 0 saturated carbocycles. The van der Waals surface area contributed by atoms with E-state index in [1.54, 1.807) is 4.68 Å². The number of aromatic nitrogens is 2. The maximum Gasteiger partial charge on any atom is 0.281 e. The van der Waals surface area contributed by atoms with Crippen molar-refractivity contribution in [2.45, 2.75) is 19.9 Å². The van der Waals surface area contributed by atoms with Crippen LogP contribution in [0.2, 0.25) is 0 Å². The molecule has 2 rings (SSSR count). The third kappa shape index (κ3) is 2.56. The molecule has 0 aliphatic carbocycles. The van der Waals surface area contributed by atoms with Gasteiger partial charge in [-0.25, -0.2) is 4.39 Å². The number of hydrogen-bond acceptors (Lipinski definition) is 4. The molecule has 20 heavy (non-hydrogen) atoms. The minimum absolute atomic E-state index is 0.133. The van der Waals surface area contributed by atoms with Crippen molar-refractivity contribution in [3.05, 3.63) is 45.9 Å². The average Bonchev–Trinajstić information content (AvgIpc) is 2.82. The molecule has 1 heterocycles. The van der Waals surface area contributed by atoms with Gasteiger partial charge in [0.25, 0.3) is 5.69 Å². The van der Waals surface area contributed by atoms with Gasteiger partial charge in [-0.1, -0.05) is 6.92 Å². The third-order valence-corrected chi connectivity index (χ3v) is 2.78. The Hall–Kier alpha value is -2.57. The minimum atomic E-state index is -0.707. The van der Waals surface area contributed by atoms with Crippen LogP contribution < -0.4 is 0 Å². The van der Waals surface area contributed by atoms with Gasteiger partial charge in [0.2, 0.25) is 0 Å². The first-order chi connectivity index (χ1) is 9.56. The molecule has 0 bridgehead atoms. The van der Waals surface area contributed by atoms with Crippen LogP contribution in [0.5, 0.6) is 0 Å². The lowest BCUT2D eigenvalue weighted by Gasteiger charge is -2.01. The number of hydrogen-bond donors (Lipinski definition) is 0. The Bertz CT molecular complexity index is 667. The largest absolute Gasteiger partial charge is 0.298 e. The minimum Gasteiger partial charge on any atom is -0.298 e. The number of carbonyl (C=O) groups is 1. The SMILES string of the molecule is CCCn1cc(C=O)c(-c2ccc(F)cc2[N+](=O)[O-])n1. The fourth-order valence-electron chi connectivity index (χ4n) is 1.93. The molecule has 0 N–H and O–H groups in total. The molecule has 6 nitrogen and oxygen atoms in total. The van der Waals surface area contributed by atoms with Crippen LogP contribution in [0.4, 0.5) is 10.1 Å². The van der Waals surface area contributed by atoms with E-state index in [0.717, 1.165) is 18.6 Å². The molecule has 2 aromatic rings. The van der Waals surface area contributed by atoms with Crippen molar-refractivity contribution in [1.29, 1.82) is 0 Å². The summed E-state index contributed by atoms with van der Waals surface area (Å²) >= 11 is 0. The van der Waals surface area contributed by atoms with E-state index in [9.17, 15) is 19.3 Å². The Morgan fingerprint density at radius 2 is 2.25 bits per heavy atom. The highest BCUT2D eigenvalue weighted by Gasteiger charge is 2.21. The van der Waals surface area contributed by atoms with Gasteiger partial charge in [-0.2, -0.15) is 5.10 Å². The van der Waals surface area contributed by atoms with Crippen LogP contribution in [0.25, 0.3) is 11.3 Å². The summed E-state index contributed by atoms with van der Waals surface area (Å²) in [5.74, 6) is -0.707. The van der Waals surface area contributed by atoms with Crippen LogP contribution in [-0.4, -0.2) is 21.0 Å². The highest BCUT2D eigenvalue weighted by Crippen LogP contribution is 2.31. The number of aldehydes is 1. The summed E-state index contributed by atoms with van der Waals surface area (Å²) < 4.78 is 14.7. The van der Waals surface area contributed by atoms with Gasteiger partial charge in [-0.3, -0.25) is 19.6 Å². The number of nitrogens with zero attached hydrogens (tertiary/aromatic N) is 3. The molecule has 104 valence electrons. The summed E-state index contributed by atoms with van der Waals surface area (Å²) in [4.78, 5) is 21.4. The second-order valence-electron chi connectivity index (χ2n) is 4.23. The van der Waals surface area contributed by atoms with Gasteiger partial charge in [0.1, 0.15) is 11.5 Å². The Morgan fingerprint density at radius 1 is 1.50 bits per heavy atom. The fourth-order valence-corrected chi connectivity index (χ4v) is 1.93. The topological polar surface area (TPSA) is 78.0 Å². The van der Waals surface area contributed by atoms with Crippen molar-refractivity contribution >= 4 is 12.0 Å². The second-order valence-corrected chi connectivity index (χ2v) is 4.23. The zero-order valence-corrected chi connectivity index (χ0v) is 10.7. The van der Waals surface area contributed by atoms with Gasteiger partial charge in [-0.05, 0) is 18.6 Å². The van der Waals surface area contributed by atoms with E-state index < -0.39 is 16.4 Å². The summed E-state index contributed by atoms with van der Waals surface area (Å²) in [7, 11) is 0. The molecule has 0 aliphatic rings. The molecule has 0 atom stereocenters. The van der Waals surface area contributed by atoms with Gasteiger partial charge < -0.3 is 0 Å². The Kier molecular flexibility index (Phi) is 3.88. The van der Waals surface area contributed by atoms with E-state index in [0.29, 0.717) is 12.8 Å². The number of carbonyl (C=O) groups excluding carboxylic acids is 1. The van der Waals surface area contributed by atoms with Crippen molar-refractivity contribution < 1.29 is 14.1 Å². The van der Waals surface area contributed by atoms with E-state index in [2.05, 4.69) is 5.10 Å². The standard InChI is InChI=1S/C13H12FN3O3/c1-2-5-16-7-9(8-18)13(15-16)11-4-3-10(14)6-12(11)17(19)20/h3-4,6-8H,2,5H2,1H3. The van der Waals surface area contributed by atoms with Crippen LogP contribution in [0.3, 0.4) is 0 Å². The molecule has 0 unspecified atom stereocenters. The lowest BCUT2D eigenvalue weighted by Crippen LogP contribution is -1.98. The van der Waals surface area contributed by atoms with Crippen LogP contribution >= 0.6 is 0 Å². The molecule has 1 aromatic heterocycles. The van der Waals surface area contributed by atoms with E-state index in [1.165, 1.54) is 12.3 Å². The number of nitro benzene ring substituents is 1. The monoisotopic (exact) mass is 277 g/mol. The predicted octanol–water partition coefficient (Wildman–Crippen LogP) is 2.82. The predicted molar refractivity (Wildman–Crippen MR) is 70.0 cm³/mol. The first-order valence-electron chi connectivity index (χ1n) is 6.03. The summed E-state index contributed by atoms with van der Waals surface area (Å²) in [5.41, 5.74) is 0.163. The first kappa shape index (κ1) is 13.9. The molecule has 0 radical (unpaired) electrons. The van der Waals surface area contributed by atoms with Crippen LogP contribution in [0.1, 0.15) is 23.7 Å². The zero-order valence-electron chi connectivity index (χ0n) is 10.7. The lowest BCUT2D eigenvalue weighted by atomic mass is 10.1. The molecular formula is C13H12FN3O3. The highest BCUT2D eigenvalue weighted by molar-refractivity contribution is 5.88. The normalized spacial score (nSPS) is 10.5. The summed E-state index contributed by atoms with van der Waals surface area (Å²) in [6.45, 7) is 2.54. The third-order valence-electron chi connectivity index (χ3n) is 2.78. The summed E-state index contributed by atoms with van der Waals surface area (Å²) in [6.07, 6.45) is 2.92. The first-order valence-corrected chi connectivity index (χ1v) is 6.03. The Balaban J connectivity index is 2.61. The molecular weight excluding hydrogens is 265 g/mol. The quantitative estimate of drug-likeness (QED) is 0.478.